The first-order valence-corrected chi connectivity index (χ1v) is 11.9. The summed E-state index contributed by atoms with van der Waals surface area (Å²) in [5, 5.41) is 17.5. The molecule has 0 aliphatic heterocycles. The summed E-state index contributed by atoms with van der Waals surface area (Å²) in [7, 11) is -3.88. The Morgan fingerprint density at radius 3 is 2.34 bits per heavy atom. The molecule has 2 aromatic rings. The third-order valence-corrected chi connectivity index (χ3v) is 6.23. The number of hydrogen-bond acceptors (Lipinski definition) is 9. The third kappa shape index (κ3) is 7.39. The number of benzene rings is 1. The van der Waals surface area contributed by atoms with Crippen LogP contribution < -0.4 is 15.4 Å². The van der Waals surface area contributed by atoms with Crippen molar-refractivity contribution in [3.8, 4) is 0 Å². The molecule has 11 nitrogen and oxygen atoms in total. The number of anilines is 2. The van der Waals surface area contributed by atoms with Gasteiger partial charge in [0.15, 0.2) is 0 Å². The molecule has 2 rings (SSSR count). The predicted octanol–water partition coefficient (Wildman–Crippen LogP) is 2.31. The van der Waals surface area contributed by atoms with Crippen LogP contribution in [0.1, 0.15) is 27.7 Å². The molecule has 0 bridgehead atoms. The van der Waals surface area contributed by atoms with Gasteiger partial charge in [0.25, 0.3) is 5.69 Å². The first kappa shape index (κ1) is 25.4. The molecule has 3 N–H and O–H groups in total. The van der Waals surface area contributed by atoms with E-state index in [0.29, 0.717) is 25.5 Å². The van der Waals surface area contributed by atoms with E-state index in [1.54, 1.807) is 18.6 Å². The number of rotatable bonds is 13. The fraction of sp³-hybridized carbons (Fsp3) is 0.500. The summed E-state index contributed by atoms with van der Waals surface area (Å²) in [5.41, 5.74) is -0.0703. The van der Waals surface area contributed by atoms with Crippen LogP contribution >= 0.6 is 0 Å². The maximum absolute atomic E-state index is 12.7. The molecule has 176 valence electrons. The number of nitrogens with one attached hydrogen (secondary N) is 3. The highest BCUT2D eigenvalue weighted by Gasteiger charge is 2.22. The van der Waals surface area contributed by atoms with Crippen molar-refractivity contribution in [3.05, 3.63) is 46.9 Å². The van der Waals surface area contributed by atoms with Crippen molar-refractivity contribution in [2.24, 2.45) is 0 Å². The molecule has 1 aromatic carbocycles. The highest BCUT2D eigenvalue weighted by molar-refractivity contribution is 7.89. The molecule has 1 heterocycles. The number of nitrogens with zero attached hydrogens (tertiary/aromatic N) is 4. The van der Waals surface area contributed by atoms with Gasteiger partial charge in [-0.2, -0.15) is 0 Å². The minimum absolute atomic E-state index is 0.145. The maximum Gasteiger partial charge on any atom is 0.293 e. The van der Waals surface area contributed by atoms with E-state index in [0.717, 1.165) is 6.07 Å². The fourth-order valence-corrected chi connectivity index (χ4v) is 4.30. The predicted molar refractivity (Wildman–Crippen MR) is 124 cm³/mol. The second-order valence-electron chi connectivity index (χ2n) is 7.70. The molecule has 0 atom stereocenters. The Morgan fingerprint density at radius 1 is 1.06 bits per heavy atom. The first-order valence-electron chi connectivity index (χ1n) is 10.4. The average molecular weight is 466 g/mol. The lowest BCUT2D eigenvalue weighted by Gasteiger charge is -2.30. The van der Waals surface area contributed by atoms with Gasteiger partial charge in [-0.25, -0.2) is 18.1 Å². The molecule has 0 saturated heterocycles. The Kier molecular flexibility index (Phi) is 9.29. The molecule has 0 aliphatic carbocycles. The van der Waals surface area contributed by atoms with Crippen LogP contribution in [0.2, 0.25) is 0 Å². The van der Waals surface area contributed by atoms with Crippen molar-refractivity contribution in [1.29, 1.82) is 0 Å². The van der Waals surface area contributed by atoms with Gasteiger partial charge in [0.05, 0.1) is 16.0 Å². The third-order valence-electron chi connectivity index (χ3n) is 4.77. The summed E-state index contributed by atoms with van der Waals surface area (Å²) in [6.45, 7) is 9.74. The van der Waals surface area contributed by atoms with Gasteiger partial charge in [-0.05, 0) is 39.8 Å². The Bertz CT molecular complexity index is 977. The Balaban J connectivity index is 2.01. The molecule has 0 fully saturated rings. The Labute approximate surface area is 188 Å². The summed E-state index contributed by atoms with van der Waals surface area (Å²) in [6, 6.07) is 4.38. The van der Waals surface area contributed by atoms with Crippen LogP contribution in [-0.4, -0.2) is 66.5 Å². The molecule has 0 saturated carbocycles. The minimum Gasteiger partial charge on any atom is -0.378 e. The summed E-state index contributed by atoms with van der Waals surface area (Å²) in [5.74, 6) is 0.588. The lowest BCUT2D eigenvalue weighted by molar-refractivity contribution is -0.384. The lowest BCUT2D eigenvalue weighted by Crippen LogP contribution is -2.42. The molecule has 12 heteroatoms. The van der Waals surface area contributed by atoms with E-state index in [4.69, 9.17) is 0 Å². The van der Waals surface area contributed by atoms with E-state index in [2.05, 4.69) is 30.2 Å². The van der Waals surface area contributed by atoms with Gasteiger partial charge in [-0.15, -0.1) is 0 Å². The van der Waals surface area contributed by atoms with Crippen LogP contribution in [0.5, 0.6) is 0 Å². The topological polar surface area (TPSA) is 142 Å². The molecule has 0 unspecified atom stereocenters. The molecule has 0 aliphatic rings. The molecule has 1 aromatic heterocycles. The van der Waals surface area contributed by atoms with E-state index in [-0.39, 0.29) is 34.9 Å². The van der Waals surface area contributed by atoms with Crippen molar-refractivity contribution in [3.63, 3.8) is 0 Å². The van der Waals surface area contributed by atoms with Crippen molar-refractivity contribution >= 4 is 27.2 Å². The lowest BCUT2D eigenvalue weighted by atomic mass is 10.2. The monoisotopic (exact) mass is 465 g/mol. The van der Waals surface area contributed by atoms with E-state index < -0.39 is 14.9 Å². The number of sulfonamides is 1. The Hall–Kier alpha value is -2.83. The van der Waals surface area contributed by atoms with E-state index in [1.165, 1.54) is 12.1 Å². The quantitative estimate of drug-likeness (QED) is 0.231. The number of nitro groups is 1. The maximum atomic E-state index is 12.7. The standard InChI is InChI=1S/C20H31N7O4S/c1-15(2)26(16(3)4)12-11-25-32(30,31)17-5-6-18(19(13-17)27(28)29)22-9-10-24-20-14-21-7-8-23-20/h5-8,13-16,22,25H,9-12H2,1-4H3,(H,23,24). The minimum atomic E-state index is -3.88. The zero-order chi connectivity index (χ0) is 23.7. The van der Waals surface area contributed by atoms with Crippen LogP contribution in [0.4, 0.5) is 17.2 Å². The first-order chi connectivity index (χ1) is 15.1. The second kappa shape index (κ2) is 11.7. The van der Waals surface area contributed by atoms with Crippen LogP contribution in [0.15, 0.2) is 41.7 Å². The normalized spacial score (nSPS) is 11.8. The number of aromatic nitrogens is 2. The second-order valence-corrected chi connectivity index (χ2v) is 9.47. The summed E-state index contributed by atoms with van der Waals surface area (Å²) < 4.78 is 27.9. The van der Waals surface area contributed by atoms with Gasteiger partial charge in [-0.1, -0.05) is 0 Å². The van der Waals surface area contributed by atoms with Crippen molar-refractivity contribution < 1.29 is 13.3 Å². The highest BCUT2D eigenvalue weighted by Crippen LogP contribution is 2.27. The smallest absolute Gasteiger partial charge is 0.293 e. The molecule has 0 radical (unpaired) electrons. The largest absolute Gasteiger partial charge is 0.378 e. The van der Waals surface area contributed by atoms with Gasteiger partial charge < -0.3 is 10.6 Å². The summed E-state index contributed by atoms with van der Waals surface area (Å²) >= 11 is 0. The molecular formula is C20H31N7O4S. The van der Waals surface area contributed by atoms with Crippen molar-refractivity contribution in [2.75, 3.05) is 36.8 Å². The van der Waals surface area contributed by atoms with Crippen LogP contribution in [0, 0.1) is 10.1 Å². The SMILES string of the molecule is CC(C)N(CCNS(=O)(=O)c1ccc(NCCNc2cnccn2)c([N+](=O)[O-])c1)C(C)C. The molecule has 0 amide bonds. The van der Waals surface area contributed by atoms with Crippen LogP contribution in [-0.2, 0) is 10.0 Å². The number of nitro benzene ring substituents is 1. The summed E-state index contributed by atoms with van der Waals surface area (Å²) in [4.78, 5) is 20.9. The van der Waals surface area contributed by atoms with Crippen molar-refractivity contribution in [2.45, 2.75) is 44.7 Å². The van der Waals surface area contributed by atoms with Crippen LogP contribution in [0.25, 0.3) is 0 Å². The van der Waals surface area contributed by atoms with Crippen LogP contribution in [0.3, 0.4) is 0 Å². The number of hydrogen-bond donors (Lipinski definition) is 3. The zero-order valence-corrected chi connectivity index (χ0v) is 19.6. The fourth-order valence-electron chi connectivity index (χ4n) is 3.26. The average Bonchev–Trinajstić information content (AvgIpc) is 2.74. The Morgan fingerprint density at radius 2 is 1.75 bits per heavy atom. The van der Waals surface area contributed by atoms with Gasteiger partial charge >= 0.3 is 0 Å². The van der Waals surface area contributed by atoms with Gasteiger partial charge in [0, 0.05) is 56.7 Å². The molecular weight excluding hydrogens is 434 g/mol. The van der Waals surface area contributed by atoms with Gasteiger partial charge in [0.1, 0.15) is 11.5 Å². The summed E-state index contributed by atoms with van der Waals surface area (Å²) in [6.07, 6.45) is 4.68. The highest BCUT2D eigenvalue weighted by atomic mass is 32.2. The van der Waals surface area contributed by atoms with E-state index >= 15 is 0 Å². The molecule has 32 heavy (non-hydrogen) atoms. The van der Waals surface area contributed by atoms with E-state index in [1.807, 2.05) is 27.7 Å². The van der Waals surface area contributed by atoms with E-state index in [9.17, 15) is 18.5 Å². The van der Waals surface area contributed by atoms with Gasteiger partial charge in [0.2, 0.25) is 10.0 Å². The molecule has 0 spiro atoms. The van der Waals surface area contributed by atoms with Crippen molar-refractivity contribution in [1.82, 2.24) is 19.6 Å². The zero-order valence-electron chi connectivity index (χ0n) is 18.8. The van der Waals surface area contributed by atoms with Gasteiger partial charge in [-0.3, -0.25) is 20.0 Å².